The van der Waals surface area contributed by atoms with E-state index in [4.69, 9.17) is 22.1 Å². The largest absolute Gasteiger partial charge is 0.383 e. The minimum Gasteiger partial charge on any atom is -0.383 e. The lowest BCUT2D eigenvalue weighted by Gasteiger charge is -2.37. The molecule has 1 aromatic heterocycles. The number of halogens is 1. The summed E-state index contributed by atoms with van der Waals surface area (Å²) in [6.07, 6.45) is 2.41. The fourth-order valence-electron chi connectivity index (χ4n) is 2.21. The number of aromatic nitrogens is 1. The molecule has 1 heterocycles. The van der Waals surface area contributed by atoms with Crippen LogP contribution in [-0.2, 0) is 4.74 Å². The van der Waals surface area contributed by atoms with Crippen molar-refractivity contribution in [2.24, 2.45) is 0 Å². The molecule has 102 valence electrons. The smallest absolute Gasteiger partial charge is 0.128 e. The van der Waals surface area contributed by atoms with Gasteiger partial charge in [0.15, 0.2) is 0 Å². The lowest BCUT2D eigenvalue weighted by molar-refractivity contribution is -0.0545. The standard InChI is InChI=1S/C13H22ClN3O/c1-5-13(3,18-6-2)11(16-4)10-7-9(14)8-17-12(10)15/h7-8,11,16H,5-6H2,1-4H3,(H2,15,17). The zero-order valence-corrected chi connectivity index (χ0v) is 12.2. The summed E-state index contributed by atoms with van der Waals surface area (Å²) < 4.78 is 5.89. The number of pyridine rings is 1. The van der Waals surface area contributed by atoms with Gasteiger partial charge in [-0.25, -0.2) is 4.98 Å². The fourth-order valence-corrected chi connectivity index (χ4v) is 2.37. The van der Waals surface area contributed by atoms with Crippen LogP contribution in [0.15, 0.2) is 12.3 Å². The third-order valence-electron chi connectivity index (χ3n) is 3.30. The number of hydrogen-bond donors (Lipinski definition) is 2. The number of nitrogen functional groups attached to an aromatic ring is 1. The van der Waals surface area contributed by atoms with Crippen LogP contribution in [0, 0.1) is 0 Å². The monoisotopic (exact) mass is 271 g/mol. The maximum Gasteiger partial charge on any atom is 0.128 e. The minimum atomic E-state index is -0.343. The number of nitrogens with two attached hydrogens (primary N) is 1. The summed E-state index contributed by atoms with van der Waals surface area (Å²) >= 11 is 6.00. The molecule has 0 radical (unpaired) electrons. The van der Waals surface area contributed by atoms with Crippen LogP contribution in [0.1, 0.15) is 38.8 Å². The number of nitrogens with one attached hydrogen (secondary N) is 1. The van der Waals surface area contributed by atoms with Gasteiger partial charge in [0.05, 0.1) is 16.7 Å². The van der Waals surface area contributed by atoms with E-state index >= 15 is 0 Å². The van der Waals surface area contributed by atoms with Crippen molar-refractivity contribution in [2.45, 2.75) is 38.8 Å². The van der Waals surface area contributed by atoms with Crippen LogP contribution >= 0.6 is 11.6 Å². The summed E-state index contributed by atoms with van der Waals surface area (Å²) in [4.78, 5) is 4.11. The number of nitrogens with zero attached hydrogens (tertiary/aromatic N) is 1. The minimum absolute atomic E-state index is 0.0475. The van der Waals surface area contributed by atoms with Gasteiger partial charge >= 0.3 is 0 Å². The third kappa shape index (κ3) is 3.13. The number of likely N-dealkylation sites (N-methyl/N-ethyl adjacent to an activating group) is 1. The molecule has 0 saturated heterocycles. The van der Waals surface area contributed by atoms with Crippen LogP contribution in [0.4, 0.5) is 5.82 Å². The molecule has 1 aromatic rings. The normalized spacial score (nSPS) is 16.3. The molecule has 0 amide bonds. The maximum atomic E-state index is 6.00. The van der Waals surface area contributed by atoms with Gasteiger partial charge in [0.2, 0.25) is 0 Å². The fraction of sp³-hybridized carbons (Fsp3) is 0.615. The van der Waals surface area contributed by atoms with Crippen LogP contribution < -0.4 is 11.1 Å². The second-order valence-corrected chi connectivity index (χ2v) is 4.89. The topological polar surface area (TPSA) is 60.2 Å². The first-order chi connectivity index (χ1) is 8.48. The molecule has 0 spiro atoms. The first-order valence-electron chi connectivity index (χ1n) is 6.20. The second-order valence-electron chi connectivity index (χ2n) is 4.45. The Morgan fingerprint density at radius 1 is 1.56 bits per heavy atom. The maximum absolute atomic E-state index is 6.00. The van der Waals surface area contributed by atoms with Gasteiger partial charge in [-0.3, -0.25) is 0 Å². The highest BCUT2D eigenvalue weighted by Crippen LogP contribution is 2.35. The van der Waals surface area contributed by atoms with Crippen LogP contribution in [0.3, 0.4) is 0 Å². The molecule has 0 fully saturated rings. The number of rotatable bonds is 6. The molecular formula is C13H22ClN3O. The molecular weight excluding hydrogens is 250 g/mol. The highest BCUT2D eigenvalue weighted by molar-refractivity contribution is 6.30. The second kappa shape index (κ2) is 6.36. The van der Waals surface area contributed by atoms with Crippen LogP contribution in [-0.4, -0.2) is 24.2 Å². The Morgan fingerprint density at radius 2 is 2.22 bits per heavy atom. The highest BCUT2D eigenvalue weighted by Gasteiger charge is 2.35. The lowest BCUT2D eigenvalue weighted by Crippen LogP contribution is -2.42. The Hall–Kier alpha value is -0.840. The van der Waals surface area contributed by atoms with Gasteiger partial charge in [0, 0.05) is 18.4 Å². The van der Waals surface area contributed by atoms with E-state index in [0.717, 1.165) is 12.0 Å². The van der Waals surface area contributed by atoms with Gasteiger partial charge in [0.25, 0.3) is 0 Å². The summed E-state index contributed by atoms with van der Waals surface area (Å²) in [6.45, 7) is 6.79. The quantitative estimate of drug-likeness (QED) is 0.835. The van der Waals surface area contributed by atoms with Crippen molar-refractivity contribution in [3.05, 3.63) is 22.8 Å². The molecule has 0 aliphatic carbocycles. The van der Waals surface area contributed by atoms with E-state index in [1.54, 1.807) is 6.20 Å². The van der Waals surface area contributed by atoms with Crippen molar-refractivity contribution in [3.8, 4) is 0 Å². The van der Waals surface area contributed by atoms with Crippen LogP contribution in [0.2, 0.25) is 5.02 Å². The molecule has 5 heteroatoms. The van der Waals surface area contributed by atoms with Crippen molar-refractivity contribution in [1.29, 1.82) is 0 Å². The summed E-state index contributed by atoms with van der Waals surface area (Å²) in [6, 6.07) is 1.80. The molecule has 3 N–H and O–H groups in total. The molecule has 0 bridgehead atoms. The lowest BCUT2D eigenvalue weighted by atomic mass is 9.88. The summed E-state index contributed by atoms with van der Waals surface area (Å²) in [7, 11) is 1.89. The van der Waals surface area contributed by atoms with E-state index in [0.29, 0.717) is 17.4 Å². The Kier molecular flexibility index (Phi) is 5.38. The van der Waals surface area contributed by atoms with Gasteiger partial charge in [-0.2, -0.15) is 0 Å². The molecule has 1 rings (SSSR count). The van der Waals surface area contributed by atoms with Crippen molar-refractivity contribution in [3.63, 3.8) is 0 Å². The Bertz CT molecular complexity index is 400. The van der Waals surface area contributed by atoms with E-state index in [9.17, 15) is 0 Å². The average Bonchev–Trinajstić information content (AvgIpc) is 2.34. The van der Waals surface area contributed by atoms with Crippen molar-refractivity contribution < 1.29 is 4.74 Å². The van der Waals surface area contributed by atoms with E-state index in [2.05, 4.69) is 24.1 Å². The van der Waals surface area contributed by atoms with Gasteiger partial charge in [0.1, 0.15) is 5.82 Å². The molecule has 2 atom stereocenters. The summed E-state index contributed by atoms with van der Waals surface area (Å²) in [5.41, 5.74) is 6.48. The zero-order valence-electron chi connectivity index (χ0n) is 11.5. The number of ether oxygens (including phenoxy) is 1. The van der Waals surface area contributed by atoms with Gasteiger partial charge in [-0.15, -0.1) is 0 Å². The van der Waals surface area contributed by atoms with Crippen LogP contribution in [0.25, 0.3) is 0 Å². The summed E-state index contributed by atoms with van der Waals surface area (Å²) in [5.74, 6) is 0.484. The Balaban J connectivity index is 3.19. The van der Waals surface area contributed by atoms with Gasteiger partial charge in [-0.05, 0) is 33.4 Å². The molecule has 2 unspecified atom stereocenters. The van der Waals surface area contributed by atoms with E-state index < -0.39 is 0 Å². The number of hydrogen-bond acceptors (Lipinski definition) is 4. The van der Waals surface area contributed by atoms with Crippen molar-refractivity contribution in [2.75, 3.05) is 19.4 Å². The zero-order chi connectivity index (χ0) is 13.8. The predicted octanol–water partition coefficient (Wildman–Crippen LogP) is 2.78. The molecule has 0 aromatic carbocycles. The van der Waals surface area contributed by atoms with Crippen LogP contribution in [0.5, 0.6) is 0 Å². The Morgan fingerprint density at radius 3 is 2.72 bits per heavy atom. The SMILES string of the molecule is CCOC(C)(CC)C(NC)c1cc(Cl)cnc1N. The van der Waals surface area contributed by atoms with Crippen molar-refractivity contribution >= 4 is 17.4 Å². The molecule has 4 nitrogen and oxygen atoms in total. The molecule has 0 aliphatic rings. The highest BCUT2D eigenvalue weighted by atomic mass is 35.5. The van der Waals surface area contributed by atoms with Gasteiger partial charge in [-0.1, -0.05) is 18.5 Å². The first-order valence-corrected chi connectivity index (χ1v) is 6.58. The van der Waals surface area contributed by atoms with Crippen molar-refractivity contribution in [1.82, 2.24) is 10.3 Å². The van der Waals surface area contributed by atoms with Gasteiger partial charge < -0.3 is 15.8 Å². The van der Waals surface area contributed by atoms with E-state index in [1.807, 2.05) is 20.0 Å². The van der Waals surface area contributed by atoms with E-state index in [1.165, 1.54) is 0 Å². The third-order valence-corrected chi connectivity index (χ3v) is 3.51. The molecule has 18 heavy (non-hydrogen) atoms. The number of anilines is 1. The molecule has 0 saturated carbocycles. The molecule has 0 aliphatic heterocycles. The predicted molar refractivity (Wildman–Crippen MR) is 75.8 cm³/mol. The van der Waals surface area contributed by atoms with E-state index in [-0.39, 0.29) is 11.6 Å². The Labute approximate surface area is 114 Å². The first kappa shape index (κ1) is 15.2. The summed E-state index contributed by atoms with van der Waals surface area (Å²) in [5, 5.41) is 3.84. The average molecular weight is 272 g/mol.